The summed E-state index contributed by atoms with van der Waals surface area (Å²) in [6.45, 7) is 4.46. The Morgan fingerprint density at radius 3 is 2.74 bits per heavy atom. The molecule has 10 nitrogen and oxygen atoms in total. The fourth-order valence-electron chi connectivity index (χ4n) is 6.90. The van der Waals surface area contributed by atoms with E-state index in [2.05, 4.69) is 46.1 Å². The zero-order chi connectivity index (χ0) is 29.5. The third-order valence-electron chi connectivity index (χ3n) is 9.35. The minimum atomic E-state index is -0.618. The number of rotatable bonds is 7. The molecule has 0 bridgehead atoms. The third kappa shape index (κ3) is 5.57. The van der Waals surface area contributed by atoms with Crippen molar-refractivity contribution in [1.82, 2.24) is 24.7 Å². The number of imide groups is 1. The zero-order valence-electron chi connectivity index (χ0n) is 24.5. The number of carbonyl (C=O) groups is 3. The van der Waals surface area contributed by atoms with Crippen molar-refractivity contribution in [3.63, 3.8) is 0 Å². The van der Waals surface area contributed by atoms with Crippen molar-refractivity contribution in [2.75, 3.05) is 26.3 Å². The summed E-state index contributed by atoms with van der Waals surface area (Å²) in [6.07, 6.45) is 5.66. The molecule has 4 aliphatic heterocycles. The highest BCUT2D eigenvalue weighted by Crippen LogP contribution is 2.32. The molecule has 2 atom stereocenters. The molecular weight excluding hydrogens is 546 g/mol. The number of nitrogens with one attached hydrogen (secondary N) is 1. The summed E-state index contributed by atoms with van der Waals surface area (Å²) in [6, 6.07) is 13.8. The van der Waals surface area contributed by atoms with E-state index >= 15 is 0 Å². The largest absolute Gasteiger partial charge is 0.489 e. The molecule has 7 rings (SSSR count). The maximum atomic E-state index is 13.0. The van der Waals surface area contributed by atoms with Crippen LogP contribution < -0.4 is 10.1 Å². The van der Waals surface area contributed by atoms with Crippen LogP contribution in [0.2, 0.25) is 0 Å². The summed E-state index contributed by atoms with van der Waals surface area (Å²) in [4.78, 5) is 45.6. The molecule has 4 aliphatic rings. The van der Waals surface area contributed by atoms with Crippen LogP contribution in [0.25, 0.3) is 11.3 Å². The Labute approximate surface area is 251 Å². The van der Waals surface area contributed by atoms with Crippen molar-refractivity contribution in [1.29, 1.82) is 0 Å². The number of ether oxygens (including phenoxy) is 2. The second-order valence-electron chi connectivity index (χ2n) is 12.1. The van der Waals surface area contributed by atoms with E-state index in [0.717, 1.165) is 74.9 Å². The van der Waals surface area contributed by atoms with Gasteiger partial charge < -0.3 is 18.9 Å². The molecule has 0 aliphatic carbocycles. The molecule has 5 heterocycles. The van der Waals surface area contributed by atoms with E-state index in [1.165, 1.54) is 11.1 Å². The van der Waals surface area contributed by atoms with Gasteiger partial charge in [-0.3, -0.25) is 24.6 Å². The molecule has 0 saturated carbocycles. The minimum absolute atomic E-state index is 0.0392. The van der Waals surface area contributed by atoms with Crippen LogP contribution in [0, 0.1) is 0 Å². The maximum absolute atomic E-state index is 13.0. The normalized spacial score (nSPS) is 23.1. The zero-order valence-corrected chi connectivity index (χ0v) is 24.5. The Hall–Kier alpha value is -4.02. The van der Waals surface area contributed by atoms with Gasteiger partial charge in [0.25, 0.3) is 5.91 Å². The Morgan fingerprint density at radius 2 is 1.91 bits per heavy atom. The quantitative estimate of drug-likeness (QED) is 0.425. The van der Waals surface area contributed by atoms with E-state index < -0.39 is 11.9 Å². The van der Waals surface area contributed by atoms with E-state index in [9.17, 15) is 14.4 Å². The van der Waals surface area contributed by atoms with Crippen molar-refractivity contribution >= 4 is 17.7 Å². The van der Waals surface area contributed by atoms with Crippen LogP contribution in [-0.4, -0.2) is 75.5 Å². The highest BCUT2D eigenvalue weighted by Gasteiger charge is 2.39. The summed E-state index contributed by atoms with van der Waals surface area (Å²) in [5.41, 5.74) is 5.13. The second-order valence-corrected chi connectivity index (χ2v) is 12.1. The molecule has 43 heavy (non-hydrogen) atoms. The predicted molar refractivity (Wildman–Crippen MR) is 158 cm³/mol. The van der Waals surface area contributed by atoms with Gasteiger partial charge in [-0.2, -0.15) is 0 Å². The van der Waals surface area contributed by atoms with Gasteiger partial charge in [0, 0.05) is 57.4 Å². The van der Waals surface area contributed by atoms with Crippen molar-refractivity contribution in [3.05, 3.63) is 71.2 Å². The molecule has 3 saturated heterocycles. The van der Waals surface area contributed by atoms with Crippen LogP contribution >= 0.6 is 0 Å². The smallest absolute Gasteiger partial charge is 0.255 e. The van der Waals surface area contributed by atoms with Crippen molar-refractivity contribution in [2.45, 2.75) is 63.3 Å². The Bertz CT molecular complexity index is 1560. The van der Waals surface area contributed by atoms with Crippen LogP contribution in [0.5, 0.6) is 5.75 Å². The van der Waals surface area contributed by atoms with Crippen LogP contribution in [-0.2, 0) is 34.5 Å². The molecule has 3 fully saturated rings. The van der Waals surface area contributed by atoms with Gasteiger partial charge >= 0.3 is 0 Å². The number of hydrogen-bond acceptors (Lipinski definition) is 7. The van der Waals surface area contributed by atoms with Gasteiger partial charge in [-0.15, -0.1) is 0 Å². The number of piperidine rings is 1. The molecule has 3 amide bonds. The fourth-order valence-corrected chi connectivity index (χ4v) is 6.90. The first kappa shape index (κ1) is 27.8. The van der Waals surface area contributed by atoms with E-state index in [1.54, 1.807) is 11.0 Å². The number of nitrogens with zero attached hydrogens (tertiary/aromatic N) is 4. The van der Waals surface area contributed by atoms with Gasteiger partial charge in [0.15, 0.2) is 0 Å². The molecule has 3 aromatic rings. The fraction of sp³-hybridized carbons (Fsp3) is 0.455. The van der Waals surface area contributed by atoms with Crippen LogP contribution in [0.1, 0.15) is 65.3 Å². The third-order valence-corrected chi connectivity index (χ3v) is 9.35. The number of aromatic nitrogens is 2. The molecule has 2 aromatic carbocycles. The molecule has 1 aromatic heterocycles. The van der Waals surface area contributed by atoms with Crippen LogP contribution in [0.4, 0.5) is 0 Å². The van der Waals surface area contributed by atoms with Crippen molar-refractivity contribution in [2.24, 2.45) is 7.05 Å². The lowest BCUT2D eigenvalue weighted by Crippen LogP contribution is -2.52. The highest BCUT2D eigenvalue weighted by molar-refractivity contribution is 6.05. The summed E-state index contributed by atoms with van der Waals surface area (Å²) in [5.74, 6) is 1.45. The topological polar surface area (TPSA) is 106 Å². The number of amides is 3. The lowest BCUT2D eigenvalue weighted by molar-refractivity contribution is -0.136. The first-order valence-corrected chi connectivity index (χ1v) is 15.3. The average molecular weight is 584 g/mol. The predicted octanol–water partition coefficient (Wildman–Crippen LogP) is 3.40. The van der Waals surface area contributed by atoms with E-state index in [1.807, 2.05) is 18.3 Å². The second kappa shape index (κ2) is 11.6. The van der Waals surface area contributed by atoms with Gasteiger partial charge in [0.1, 0.15) is 23.7 Å². The lowest BCUT2D eigenvalue weighted by Gasteiger charge is -2.29. The summed E-state index contributed by atoms with van der Waals surface area (Å²) < 4.78 is 14.1. The Morgan fingerprint density at radius 1 is 1.05 bits per heavy atom. The molecule has 1 N–H and O–H groups in total. The van der Waals surface area contributed by atoms with Crippen molar-refractivity contribution < 1.29 is 23.9 Å². The van der Waals surface area contributed by atoms with Gasteiger partial charge in [-0.05, 0) is 67.0 Å². The summed E-state index contributed by atoms with van der Waals surface area (Å²) in [5, 5.41) is 2.35. The highest BCUT2D eigenvalue weighted by atomic mass is 16.5. The molecular formula is C33H37N5O5. The monoisotopic (exact) mass is 583 g/mol. The number of likely N-dealkylation sites (tertiary alicyclic amines) is 1. The van der Waals surface area contributed by atoms with E-state index in [0.29, 0.717) is 24.4 Å². The number of carbonyl (C=O) groups excluding carboxylic acids is 3. The number of benzene rings is 2. The molecule has 10 heteroatoms. The summed E-state index contributed by atoms with van der Waals surface area (Å²) >= 11 is 0. The number of fused-ring (bicyclic) bond motifs is 1. The minimum Gasteiger partial charge on any atom is -0.489 e. The maximum Gasteiger partial charge on any atom is 0.255 e. The number of hydrogen-bond donors (Lipinski definition) is 1. The van der Waals surface area contributed by atoms with E-state index in [4.69, 9.17) is 14.5 Å². The van der Waals surface area contributed by atoms with Crippen LogP contribution in [0.3, 0.4) is 0 Å². The molecule has 224 valence electrons. The lowest BCUT2D eigenvalue weighted by atomic mass is 9.90. The Balaban J connectivity index is 0.966. The van der Waals surface area contributed by atoms with E-state index in [-0.39, 0.29) is 24.3 Å². The summed E-state index contributed by atoms with van der Waals surface area (Å²) in [7, 11) is 2.09. The van der Waals surface area contributed by atoms with Gasteiger partial charge in [-0.1, -0.05) is 18.2 Å². The average Bonchev–Trinajstić information content (AvgIpc) is 3.71. The first-order valence-electron chi connectivity index (χ1n) is 15.3. The SMILES string of the molecule is Cn1c(-c2cccc(C3CCOCC3)c2)cnc1CN1CC[C@H](Oc2ccc3c(c2)CN(C2CCC(=O)NC2=O)C3=O)C1. The molecule has 1 unspecified atom stereocenters. The molecule has 0 radical (unpaired) electrons. The van der Waals surface area contributed by atoms with Gasteiger partial charge in [0.2, 0.25) is 11.8 Å². The van der Waals surface area contributed by atoms with Crippen LogP contribution in [0.15, 0.2) is 48.7 Å². The van der Waals surface area contributed by atoms with Gasteiger partial charge in [0.05, 0.1) is 18.4 Å². The Kier molecular flexibility index (Phi) is 7.48. The van der Waals surface area contributed by atoms with Gasteiger partial charge in [-0.25, -0.2) is 4.98 Å². The first-order chi connectivity index (χ1) is 20.9. The standard InChI is InChI=1S/C33H37N5O5/c1-36-29(23-4-2-3-22(15-23)21-10-13-42-14-11-21)17-34-30(36)20-37-12-9-26(19-37)43-25-5-6-27-24(16-25)18-38(33(27)41)28-7-8-31(39)35-32(28)40/h2-6,15-17,21,26,28H,7-14,18-20H2,1H3,(H,35,39,40)/t26-,28?/m0/s1. The molecule has 0 spiro atoms. The van der Waals surface area contributed by atoms with Crippen molar-refractivity contribution in [3.8, 4) is 17.0 Å². The number of imidazole rings is 1.